The molecule has 19 heavy (non-hydrogen) atoms. The molecule has 0 saturated carbocycles. The van der Waals surface area contributed by atoms with E-state index in [9.17, 15) is 4.79 Å². The summed E-state index contributed by atoms with van der Waals surface area (Å²) in [6.45, 7) is 0.697. The standard InChI is InChI=1S/C13H13N5O/c19-12(17-13-14-5-6-16-18-13)11-7-9-3-1-2-4-10(9)8-15-11/h1-6,11,15H,7-8H2,(H,14,17,18,19)/t11-/m1/s1. The van der Waals surface area contributed by atoms with Crippen LogP contribution in [0.25, 0.3) is 0 Å². The smallest absolute Gasteiger partial charge is 0.249 e. The van der Waals surface area contributed by atoms with E-state index in [1.54, 1.807) is 0 Å². The van der Waals surface area contributed by atoms with Gasteiger partial charge in [0.15, 0.2) is 0 Å². The number of anilines is 1. The molecule has 0 radical (unpaired) electrons. The molecule has 0 saturated heterocycles. The monoisotopic (exact) mass is 255 g/mol. The summed E-state index contributed by atoms with van der Waals surface area (Å²) in [4.78, 5) is 16.0. The predicted octanol–water partition coefficient (Wildman–Crippen LogP) is 0.525. The van der Waals surface area contributed by atoms with Crippen molar-refractivity contribution >= 4 is 11.9 Å². The van der Waals surface area contributed by atoms with Crippen molar-refractivity contribution in [3.63, 3.8) is 0 Å². The molecular formula is C13H13N5O. The Labute approximate surface area is 110 Å². The Morgan fingerprint density at radius 1 is 1.26 bits per heavy atom. The molecule has 1 aliphatic heterocycles. The van der Waals surface area contributed by atoms with Crippen LogP contribution in [0.15, 0.2) is 36.7 Å². The molecule has 0 aliphatic carbocycles. The van der Waals surface area contributed by atoms with E-state index in [2.05, 4.69) is 37.9 Å². The van der Waals surface area contributed by atoms with Crippen molar-refractivity contribution in [2.75, 3.05) is 5.32 Å². The Morgan fingerprint density at radius 3 is 2.89 bits per heavy atom. The van der Waals surface area contributed by atoms with Crippen molar-refractivity contribution in [3.8, 4) is 0 Å². The normalized spacial score (nSPS) is 17.6. The van der Waals surface area contributed by atoms with E-state index in [1.807, 2.05) is 12.1 Å². The van der Waals surface area contributed by atoms with Crippen LogP contribution >= 0.6 is 0 Å². The zero-order valence-corrected chi connectivity index (χ0v) is 10.2. The largest absolute Gasteiger partial charge is 0.301 e. The highest BCUT2D eigenvalue weighted by Crippen LogP contribution is 2.16. The van der Waals surface area contributed by atoms with Gasteiger partial charge in [-0.15, -0.1) is 5.10 Å². The molecule has 6 nitrogen and oxygen atoms in total. The Kier molecular flexibility index (Phi) is 3.16. The minimum atomic E-state index is -0.265. The lowest BCUT2D eigenvalue weighted by molar-refractivity contribution is -0.118. The first kappa shape index (κ1) is 11.7. The van der Waals surface area contributed by atoms with Crippen molar-refractivity contribution in [1.82, 2.24) is 20.5 Å². The second-order valence-electron chi connectivity index (χ2n) is 4.36. The van der Waals surface area contributed by atoms with Crippen molar-refractivity contribution in [2.45, 2.75) is 19.0 Å². The molecule has 1 atom stereocenters. The van der Waals surface area contributed by atoms with Gasteiger partial charge >= 0.3 is 0 Å². The van der Waals surface area contributed by atoms with Crippen LogP contribution in [-0.4, -0.2) is 27.1 Å². The van der Waals surface area contributed by atoms with Gasteiger partial charge in [0.2, 0.25) is 11.9 Å². The lowest BCUT2D eigenvalue weighted by atomic mass is 9.95. The van der Waals surface area contributed by atoms with Crippen LogP contribution in [0.1, 0.15) is 11.1 Å². The van der Waals surface area contributed by atoms with E-state index in [4.69, 9.17) is 0 Å². The number of amides is 1. The van der Waals surface area contributed by atoms with Crippen LogP contribution < -0.4 is 10.6 Å². The van der Waals surface area contributed by atoms with Crippen molar-refractivity contribution in [3.05, 3.63) is 47.8 Å². The van der Waals surface area contributed by atoms with Gasteiger partial charge in [-0.2, -0.15) is 5.10 Å². The topological polar surface area (TPSA) is 79.8 Å². The first-order chi connectivity index (χ1) is 9.33. The van der Waals surface area contributed by atoms with Crippen molar-refractivity contribution < 1.29 is 4.79 Å². The summed E-state index contributed by atoms with van der Waals surface area (Å²) >= 11 is 0. The van der Waals surface area contributed by atoms with Crippen LogP contribution in [0, 0.1) is 0 Å². The molecule has 2 aromatic rings. The Morgan fingerprint density at radius 2 is 2.11 bits per heavy atom. The molecule has 0 fully saturated rings. The zero-order valence-electron chi connectivity index (χ0n) is 10.2. The van der Waals surface area contributed by atoms with E-state index in [0.29, 0.717) is 13.0 Å². The maximum atomic E-state index is 12.1. The van der Waals surface area contributed by atoms with Gasteiger partial charge in [-0.25, -0.2) is 4.98 Å². The van der Waals surface area contributed by atoms with Gasteiger partial charge in [-0.3, -0.25) is 10.1 Å². The van der Waals surface area contributed by atoms with E-state index in [0.717, 1.165) is 0 Å². The molecule has 1 aromatic heterocycles. The van der Waals surface area contributed by atoms with Gasteiger partial charge in [-0.05, 0) is 17.5 Å². The molecule has 0 spiro atoms. The average molecular weight is 255 g/mol. The number of fused-ring (bicyclic) bond motifs is 1. The summed E-state index contributed by atoms with van der Waals surface area (Å²) in [6.07, 6.45) is 3.62. The number of aromatic nitrogens is 3. The SMILES string of the molecule is O=C(Nc1nccnn1)[C@H]1Cc2ccccc2CN1. The van der Waals surface area contributed by atoms with Gasteiger partial charge < -0.3 is 5.32 Å². The Hall–Kier alpha value is -2.34. The molecule has 2 heterocycles. The van der Waals surface area contributed by atoms with Crippen LogP contribution in [0.4, 0.5) is 5.95 Å². The van der Waals surface area contributed by atoms with Gasteiger partial charge in [0.25, 0.3) is 0 Å². The van der Waals surface area contributed by atoms with Crippen LogP contribution in [0.2, 0.25) is 0 Å². The molecule has 1 amide bonds. The fraction of sp³-hybridized carbons (Fsp3) is 0.231. The number of carbonyl (C=O) groups excluding carboxylic acids is 1. The second-order valence-corrected chi connectivity index (χ2v) is 4.36. The van der Waals surface area contributed by atoms with Gasteiger partial charge in [0.05, 0.1) is 18.4 Å². The van der Waals surface area contributed by atoms with Crippen LogP contribution in [0.3, 0.4) is 0 Å². The molecule has 96 valence electrons. The molecule has 0 bridgehead atoms. The van der Waals surface area contributed by atoms with E-state index >= 15 is 0 Å². The number of carbonyl (C=O) groups is 1. The number of rotatable bonds is 2. The maximum absolute atomic E-state index is 12.1. The summed E-state index contributed by atoms with van der Waals surface area (Å²) in [7, 11) is 0. The van der Waals surface area contributed by atoms with Crippen LogP contribution in [-0.2, 0) is 17.8 Å². The molecule has 3 rings (SSSR count). The molecule has 0 unspecified atom stereocenters. The highest BCUT2D eigenvalue weighted by Gasteiger charge is 2.24. The number of nitrogens with zero attached hydrogens (tertiary/aromatic N) is 3. The first-order valence-corrected chi connectivity index (χ1v) is 6.07. The molecule has 2 N–H and O–H groups in total. The number of hydrogen-bond donors (Lipinski definition) is 2. The fourth-order valence-electron chi connectivity index (χ4n) is 2.14. The third-order valence-corrected chi connectivity index (χ3v) is 3.12. The van der Waals surface area contributed by atoms with Gasteiger partial charge in [0.1, 0.15) is 0 Å². The quantitative estimate of drug-likeness (QED) is 0.818. The number of nitrogens with one attached hydrogen (secondary N) is 2. The lowest BCUT2D eigenvalue weighted by Gasteiger charge is -2.24. The van der Waals surface area contributed by atoms with Crippen molar-refractivity contribution in [2.24, 2.45) is 0 Å². The third kappa shape index (κ3) is 2.58. The summed E-state index contributed by atoms with van der Waals surface area (Å²) in [5.41, 5.74) is 2.44. The van der Waals surface area contributed by atoms with E-state index in [-0.39, 0.29) is 17.9 Å². The third-order valence-electron chi connectivity index (χ3n) is 3.12. The Bertz CT molecular complexity index is 587. The first-order valence-electron chi connectivity index (χ1n) is 6.07. The summed E-state index contributed by atoms with van der Waals surface area (Å²) in [5, 5.41) is 13.3. The van der Waals surface area contributed by atoms with E-state index in [1.165, 1.54) is 23.5 Å². The zero-order chi connectivity index (χ0) is 13.1. The van der Waals surface area contributed by atoms with Crippen LogP contribution in [0.5, 0.6) is 0 Å². The Balaban J connectivity index is 1.70. The summed E-state index contributed by atoms with van der Waals surface area (Å²) in [6, 6.07) is 7.85. The molecule has 6 heteroatoms. The minimum absolute atomic E-state index is 0.137. The second kappa shape index (κ2) is 5.11. The predicted molar refractivity (Wildman–Crippen MR) is 69.2 cm³/mol. The lowest BCUT2D eigenvalue weighted by Crippen LogP contribution is -2.44. The van der Waals surface area contributed by atoms with Gasteiger partial charge in [0, 0.05) is 6.54 Å². The highest BCUT2D eigenvalue weighted by molar-refractivity contribution is 5.93. The highest BCUT2D eigenvalue weighted by atomic mass is 16.2. The molecule has 1 aliphatic rings. The fourth-order valence-corrected chi connectivity index (χ4v) is 2.14. The summed E-state index contributed by atoms with van der Waals surface area (Å²) < 4.78 is 0. The molecular weight excluding hydrogens is 242 g/mol. The number of hydrogen-bond acceptors (Lipinski definition) is 5. The average Bonchev–Trinajstić information content (AvgIpc) is 2.48. The van der Waals surface area contributed by atoms with Crippen molar-refractivity contribution in [1.29, 1.82) is 0 Å². The number of benzene rings is 1. The summed E-state index contributed by atoms with van der Waals surface area (Å²) in [5.74, 6) is 0.0932. The van der Waals surface area contributed by atoms with Gasteiger partial charge in [-0.1, -0.05) is 24.3 Å². The molecule has 1 aromatic carbocycles. The minimum Gasteiger partial charge on any atom is -0.301 e. The van der Waals surface area contributed by atoms with E-state index < -0.39 is 0 Å². The maximum Gasteiger partial charge on any atom is 0.249 e.